The molecule has 1 aromatic rings. The highest BCUT2D eigenvalue weighted by Gasteiger charge is 2.46. The highest BCUT2D eigenvalue weighted by molar-refractivity contribution is 5.87. The van der Waals surface area contributed by atoms with Gasteiger partial charge in [-0.05, 0) is 12.5 Å². The van der Waals surface area contributed by atoms with Crippen molar-refractivity contribution in [3.05, 3.63) is 35.4 Å². The molecule has 1 fully saturated rings. The van der Waals surface area contributed by atoms with Crippen molar-refractivity contribution < 1.29 is 9.53 Å². The number of hydrogen-bond acceptors (Lipinski definition) is 2. The smallest absolute Gasteiger partial charge is 0.167 e. The molecule has 0 spiro atoms. The van der Waals surface area contributed by atoms with Gasteiger partial charge >= 0.3 is 0 Å². The Kier molecular flexibility index (Phi) is 2.61. The zero-order valence-corrected chi connectivity index (χ0v) is 9.36. The van der Waals surface area contributed by atoms with Crippen LogP contribution in [0, 0.1) is 12.8 Å². The summed E-state index contributed by atoms with van der Waals surface area (Å²) >= 11 is 0. The van der Waals surface area contributed by atoms with E-state index in [4.69, 9.17) is 4.74 Å². The molecule has 1 saturated heterocycles. The lowest BCUT2D eigenvalue weighted by atomic mass is 10.0. The van der Waals surface area contributed by atoms with Crippen molar-refractivity contribution in [2.45, 2.75) is 33.0 Å². The Balaban J connectivity index is 2.05. The van der Waals surface area contributed by atoms with E-state index in [2.05, 4.69) is 0 Å². The molecule has 1 aliphatic heterocycles. The third-order valence-corrected chi connectivity index (χ3v) is 2.75. The standard InChI is InChI=1S/C13H16O2/c1-8(2)11(14)13-12(15-13)10-6-4-9(3)5-7-10/h4-8,12-13H,1-3H3/t12-,13+/m0/s1. The minimum Gasteiger partial charge on any atom is -0.356 e. The lowest BCUT2D eigenvalue weighted by Crippen LogP contribution is -2.14. The summed E-state index contributed by atoms with van der Waals surface area (Å²) in [5, 5.41) is 0. The van der Waals surface area contributed by atoms with E-state index in [-0.39, 0.29) is 23.9 Å². The Morgan fingerprint density at radius 2 is 1.87 bits per heavy atom. The molecule has 15 heavy (non-hydrogen) atoms. The van der Waals surface area contributed by atoms with Gasteiger partial charge in [0.1, 0.15) is 12.2 Å². The van der Waals surface area contributed by atoms with Crippen molar-refractivity contribution in [3.8, 4) is 0 Å². The van der Waals surface area contributed by atoms with Gasteiger partial charge in [0.2, 0.25) is 0 Å². The van der Waals surface area contributed by atoms with Gasteiger partial charge in [0.25, 0.3) is 0 Å². The summed E-state index contributed by atoms with van der Waals surface area (Å²) in [4.78, 5) is 11.6. The van der Waals surface area contributed by atoms with Crippen LogP contribution in [0.4, 0.5) is 0 Å². The van der Waals surface area contributed by atoms with E-state index in [9.17, 15) is 4.79 Å². The molecule has 0 N–H and O–H groups in total. The van der Waals surface area contributed by atoms with Crippen LogP contribution in [0.1, 0.15) is 31.1 Å². The van der Waals surface area contributed by atoms with Crippen molar-refractivity contribution >= 4 is 5.78 Å². The van der Waals surface area contributed by atoms with E-state index in [1.54, 1.807) is 0 Å². The Hall–Kier alpha value is -1.15. The summed E-state index contributed by atoms with van der Waals surface area (Å²) in [5.41, 5.74) is 2.34. The highest BCUT2D eigenvalue weighted by atomic mass is 16.6. The van der Waals surface area contributed by atoms with Crippen LogP contribution in [0.15, 0.2) is 24.3 Å². The van der Waals surface area contributed by atoms with Crippen molar-refractivity contribution in [1.29, 1.82) is 0 Å². The van der Waals surface area contributed by atoms with Gasteiger partial charge in [0.15, 0.2) is 5.78 Å². The molecule has 0 aliphatic carbocycles. The average Bonchev–Trinajstić information content (AvgIpc) is 2.97. The topological polar surface area (TPSA) is 29.6 Å². The summed E-state index contributed by atoms with van der Waals surface area (Å²) < 4.78 is 5.42. The van der Waals surface area contributed by atoms with Crippen LogP contribution in [0.3, 0.4) is 0 Å². The van der Waals surface area contributed by atoms with Crippen molar-refractivity contribution in [2.75, 3.05) is 0 Å². The van der Waals surface area contributed by atoms with Gasteiger partial charge in [-0.1, -0.05) is 43.7 Å². The second kappa shape index (κ2) is 3.78. The van der Waals surface area contributed by atoms with Crippen molar-refractivity contribution in [3.63, 3.8) is 0 Å². The molecule has 1 aromatic carbocycles. The lowest BCUT2D eigenvalue weighted by Gasteiger charge is -1.99. The number of carbonyl (C=O) groups excluding carboxylic acids is 1. The van der Waals surface area contributed by atoms with Crippen LogP contribution in [0.2, 0.25) is 0 Å². The summed E-state index contributed by atoms with van der Waals surface area (Å²) in [7, 11) is 0. The summed E-state index contributed by atoms with van der Waals surface area (Å²) in [6, 6.07) is 8.17. The predicted molar refractivity (Wildman–Crippen MR) is 58.6 cm³/mol. The Bertz CT molecular complexity index is 365. The molecule has 0 unspecified atom stereocenters. The number of carbonyl (C=O) groups is 1. The van der Waals surface area contributed by atoms with Crippen LogP contribution in [-0.4, -0.2) is 11.9 Å². The minimum absolute atomic E-state index is 0.000463. The van der Waals surface area contributed by atoms with Crippen LogP contribution in [0.25, 0.3) is 0 Å². The number of benzene rings is 1. The second-order valence-corrected chi connectivity index (χ2v) is 4.45. The fraction of sp³-hybridized carbons (Fsp3) is 0.462. The Morgan fingerprint density at radius 3 is 2.40 bits per heavy atom. The first-order valence-corrected chi connectivity index (χ1v) is 5.35. The van der Waals surface area contributed by atoms with Crippen molar-refractivity contribution in [1.82, 2.24) is 0 Å². The molecule has 0 aromatic heterocycles. The van der Waals surface area contributed by atoms with Crippen LogP contribution < -0.4 is 0 Å². The molecule has 0 saturated carbocycles. The Labute approximate surface area is 90.3 Å². The molecule has 80 valence electrons. The van der Waals surface area contributed by atoms with E-state index in [0.29, 0.717) is 0 Å². The fourth-order valence-electron chi connectivity index (χ4n) is 1.67. The van der Waals surface area contributed by atoms with Gasteiger partial charge in [-0.3, -0.25) is 4.79 Å². The second-order valence-electron chi connectivity index (χ2n) is 4.45. The van der Waals surface area contributed by atoms with Gasteiger partial charge in [-0.25, -0.2) is 0 Å². The molecule has 2 nitrogen and oxygen atoms in total. The van der Waals surface area contributed by atoms with Gasteiger partial charge in [-0.15, -0.1) is 0 Å². The molecule has 0 radical (unpaired) electrons. The number of rotatable bonds is 3. The Morgan fingerprint density at radius 1 is 1.27 bits per heavy atom. The highest BCUT2D eigenvalue weighted by Crippen LogP contribution is 2.40. The normalized spacial score (nSPS) is 24.3. The van der Waals surface area contributed by atoms with E-state index in [0.717, 1.165) is 5.56 Å². The minimum atomic E-state index is -0.201. The molecule has 1 aliphatic rings. The maximum atomic E-state index is 11.6. The predicted octanol–water partition coefficient (Wildman–Crippen LogP) is 2.66. The molecular formula is C13H16O2. The van der Waals surface area contributed by atoms with Gasteiger partial charge < -0.3 is 4.74 Å². The summed E-state index contributed by atoms with van der Waals surface area (Å²) in [5.74, 6) is 0.269. The number of aryl methyl sites for hydroxylation is 1. The monoisotopic (exact) mass is 204 g/mol. The fourth-order valence-corrected chi connectivity index (χ4v) is 1.67. The largest absolute Gasteiger partial charge is 0.356 e. The van der Waals surface area contributed by atoms with E-state index >= 15 is 0 Å². The lowest BCUT2D eigenvalue weighted by molar-refractivity contribution is -0.123. The molecule has 2 rings (SSSR count). The molecule has 0 bridgehead atoms. The number of hydrogen-bond donors (Lipinski definition) is 0. The summed E-state index contributed by atoms with van der Waals surface area (Å²) in [6.45, 7) is 5.88. The number of ketones is 1. The third kappa shape index (κ3) is 2.10. The number of Topliss-reactive ketones (excluding diaryl/α,β-unsaturated/α-hetero) is 1. The van der Waals surface area contributed by atoms with E-state index in [1.807, 2.05) is 45.0 Å². The van der Waals surface area contributed by atoms with E-state index < -0.39 is 0 Å². The molecule has 2 heteroatoms. The van der Waals surface area contributed by atoms with Crippen LogP contribution >= 0.6 is 0 Å². The third-order valence-electron chi connectivity index (χ3n) is 2.75. The van der Waals surface area contributed by atoms with Gasteiger partial charge in [0, 0.05) is 5.92 Å². The summed E-state index contributed by atoms with van der Waals surface area (Å²) in [6.07, 6.45) is -0.201. The number of epoxide rings is 1. The first-order valence-electron chi connectivity index (χ1n) is 5.35. The first kappa shape index (κ1) is 10.4. The van der Waals surface area contributed by atoms with E-state index in [1.165, 1.54) is 5.56 Å². The van der Waals surface area contributed by atoms with Crippen molar-refractivity contribution in [2.24, 2.45) is 5.92 Å². The zero-order chi connectivity index (χ0) is 11.0. The number of ether oxygens (including phenoxy) is 1. The van der Waals surface area contributed by atoms with Crippen LogP contribution in [0.5, 0.6) is 0 Å². The molecule has 2 atom stereocenters. The SMILES string of the molecule is Cc1ccc([C@@H]2O[C@@H]2C(=O)C(C)C)cc1. The molecular weight excluding hydrogens is 188 g/mol. The van der Waals surface area contributed by atoms with Gasteiger partial charge in [0.05, 0.1) is 0 Å². The molecule has 0 amide bonds. The maximum absolute atomic E-state index is 11.6. The first-order chi connectivity index (χ1) is 7.09. The zero-order valence-electron chi connectivity index (χ0n) is 9.36. The maximum Gasteiger partial charge on any atom is 0.167 e. The molecule has 1 heterocycles. The van der Waals surface area contributed by atoms with Crippen LogP contribution in [-0.2, 0) is 9.53 Å². The van der Waals surface area contributed by atoms with Gasteiger partial charge in [-0.2, -0.15) is 0 Å². The average molecular weight is 204 g/mol. The quantitative estimate of drug-likeness (QED) is 0.708.